The smallest absolute Gasteiger partial charge is 0.148 e. The lowest BCUT2D eigenvalue weighted by molar-refractivity contribution is 0.128. The van der Waals surface area contributed by atoms with E-state index in [9.17, 15) is 0 Å². The minimum absolute atomic E-state index is 0.125. The SMILES string of the molecule is C=CC.CCCCOCCCC.NC1=NN(N)NC=C1.OCCO. The molecule has 24 heavy (non-hydrogen) atoms. The molecule has 1 aliphatic heterocycles. The lowest BCUT2D eigenvalue weighted by Crippen LogP contribution is -2.40. The molecule has 1 heterocycles. The number of ether oxygens (including phenoxy) is 1. The quantitative estimate of drug-likeness (QED) is 0.266. The van der Waals surface area contributed by atoms with Crippen molar-refractivity contribution in [1.82, 2.24) is 10.7 Å². The highest BCUT2D eigenvalue weighted by molar-refractivity contribution is 5.91. The van der Waals surface area contributed by atoms with Crippen molar-refractivity contribution in [3.8, 4) is 0 Å². The number of amidine groups is 1. The van der Waals surface area contributed by atoms with Crippen molar-refractivity contribution >= 4 is 5.84 Å². The van der Waals surface area contributed by atoms with Crippen LogP contribution in [0.3, 0.4) is 0 Å². The summed E-state index contributed by atoms with van der Waals surface area (Å²) in [6.45, 7) is 11.3. The fraction of sp³-hybridized carbons (Fsp3) is 0.688. The third-order valence-corrected chi connectivity index (χ3v) is 2.07. The normalized spacial score (nSPS) is 11.4. The van der Waals surface area contributed by atoms with Gasteiger partial charge in [-0.05, 0) is 25.8 Å². The van der Waals surface area contributed by atoms with Gasteiger partial charge in [0, 0.05) is 19.4 Å². The Morgan fingerprint density at radius 3 is 1.96 bits per heavy atom. The van der Waals surface area contributed by atoms with Crippen LogP contribution in [0.1, 0.15) is 46.5 Å². The third-order valence-electron chi connectivity index (χ3n) is 2.07. The first-order valence-corrected chi connectivity index (χ1v) is 8.21. The topological polar surface area (TPSA) is 129 Å². The van der Waals surface area contributed by atoms with Gasteiger partial charge in [0.2, 0.25) is 0 Å². The number of hydrazine groups is 2. The van der Waals surface area contributed by atoms with Gasteiger partial charge in [0.05, 0.1) is 13.2 Å². The number of unbranched alkanes of at least 4 members (excludes halogenated alkanes) is 2. The molecule has 144 valence electrons. The zero-order valence-electron chi connectivity index (χ0n) is 15.4. The minimum atomic E-state index is -0.125. The molecule has 0 amide bonds. The molecule has 7 N–H and O–H groups in total. The van der Waals surface area contributed by atoms with Crippen molar-refractivity contribution in [2.75, 3.05) is 26.4 Å². The second-order valence-electron chi connectivity index (χ2n) is 4.51. The maximum Gasteiger partial charge on any atom is 0.148 e. The number of aliphatic hydroxyl groups is 2. The number of nitrogens with two attached hydrogens (primary N) is 2. The second kappa shape index (κ2) is 26.3. The molecule has 0 radical (unpaired) electrons. The maximum atomic E-state index is 7.62. The van der Waals surface area contributed by atoms with E-state index in [0.717, 1.165) is 18.4 Å². The molecule has 8 heteroatoms. The Kier molecular flexibility index (Phi) is 29.9. The Balaban J connectivity index is -0.000000268. The van der Waals surface area contributed by atoms with Crippen molar-refractivity contribution in [3.05, 3.63) is 24.9 Å². The van der Waals surface area contributed by atoms with Gasteiger partial charge in [-0.2, -0.15) is 0 Å². The number of hydrazone groups is 1. The summed E-state index contributed by atoms with van der Waals surface area (Å²) in [7, 11) is 0. The van der Waals surface area contributed by atoms with Crippen LogP contribution in [0, 0.1) is 0 Å². The van der Waals surface area contributed by atoms with E-state index >= 15 is 0 Å². The molecule has 0 aromatic rings. The second-order valence-corrected chi connectivity index (χ2v) is 4.51. The van der Waals surface area contributed by atoms with Crippen molar-refractivity contribution in [2.24, 2.45) is 16.7 Å². The summed E-state index contributed by atoms with van der Waals surface area (Å²) in [6, 6.07) is 0. The van der Waals surface area contributed by atoms with Crippen LogP contribution in [0.25, 0.3) is 0 Å². The first kappa shape index (κ1) is 27.2. The van der Waals surface area contributed by atoms with E-state index in [1.807, 2.05) is 6.92 Å². The van der Waals surface area contributed by atoms with Gasteiger partial charge in [0.15, 0.2) is 0 Å². The van der Waals surface area contributed by atoms with Gasteiger partial charge in [0.25, 0.3) is 0 Å². The lowest BCUT2D eigenvalue weighted by atomic mass is 10.3. The molecule has 0 saturated carbocycles. The Morgan fingerprint density at radius 2 is 1.71 bits per heavy atom. The van der Waals surface area contributed by atoms with Gasteiger partial charge in [-0.25, -0.2) is 5.84 Å². The highest BCUT2D eigenvalue weighted by atomic mass is 16.5. The van der Waals surface area contributed by atoms with E-state index in [-0.39, 0.29) is 13.2 Å². The first-order valence-electron chi connectivity index (χ1n) is 8.21. The van der Waals surface area contributed by atoms with E-state index in [4.69, 9.17) is 26.5 Å². The maximum absolute atomic E-state index is 7.62. The number of aliphatic hydroxyl groups excluding tert-OH is 2. The number of hydrogen-bond acceptors (Lipinski definition) is 8. The highest BCUT2D eigenvalue weighted by Crippen LogP contribution is 1.91. The molecule has 0 saturated heterocycles. The predicted octanol–water partition coefficient (Wildman–Crippen LogP) is 1.23. The molecular formula is C16H37N5O3. The van der Waals surface area contributed by atoms with E-state index in [1.54, 1.807) is 18.4 Å². The Bertz CT molecular complexity index is 291. The fourth-order valence-electron chi connectivity index (χ4n) is 0.980. The van der Waals surface area contributed by atoms with Gasteiger partial charge < -0.3 is 20.7 Å². The average Bonchev–Trinajstić information content (AvgIpc) is 2.56. The highest BCUT2D eigenvalue weighted by Gasteiger charge is 1.94. The standard InChI is InChI=1S/C8H18O.C3H7N5.C3H6.C2H6O2/c1-3-5-7-9-8-6-4-2;4-3-1-2-6-8(5)7-3;1-3-2;3-1-2-4/h3-8H2,1-2H3;1-2,6H,5H2,(H2,4,7);3H,1H2,2H3;3-4H,1-2H2. The number of nitrogens with zero attached hydrogens (tertiary/aromatic N) is 2. The Hall–Kier alpha value is -1.61. The number of rotatable bonds is 7. The summed E-state index contributed by atoms with van der Waals surface area (Å²) >= 11 is 0. The monoisotopic (exact) mass is 347 g/mol. The summed E-state index contributed by atoms with van der Waals surface area (Å²) < 4.78 is 5.31. The molecular weight excluding hydrogens is 310 g/mol. The molecule has 0 spiro atoms. The number of hydrogen-bond donors (Lipinski definition) is 5. The van der Waals surface area contributed by atoms with E-state index < -0.39 is 0 Å². The van der Waals surface area contributed by atoms with Crippen LogP contribution < -0.4 is 17.0 Å². The molecule has 8 nitrogen and oxygen atoms in total. The van der Waals surface area contributed by atoms with Gasteiger partial charge in [-0.1, -0.05) is 32.8 Å². The van der Waals surface area contributed by atoms with Gasteiger partial charge in [0.1, 0.15) is 5.84 Å². The molecule has 0 fully saturated rings. The van der Waals surface area contributed by atoms with Gasteiger partial charge >= 0.3 is 0 Å². The summed E-state index contributed by atoms with van der Waals surface area (Å²) in [5.74, 6) is 5.52. The lowest BCUT2D eigenvalue weighted by Gasteiger charge is -2.14. The molecule has 0 atom stereocenters. The Labute approximate surface area is 146 Å². The zero-order valence-corrected chi connectivity index (χ0v) is 15.4. The zero-order chi connectivity index (χ0) is 19.1. The molecule has 1 rings (SSSR count). The van der Waals surface area contributed by atoms with Crippen LogP contribution in [0.15, 0.2) is 30.0 Å². The van der Waals surface area contributed by atoms with Crippen LogP contribution in [0.5, 0.6) is 0 Å². The third kappa shape index (κ3) is 32.4. The molecule has 0 aromatic heterocycles. The predicted molar refractivity (Wildman–Crippen MR) is 101 cm³/mol. The summed E-state index contributed by atoms with van der Waals surface area (Å²) in [6.07, 6.45) is 9.87. The molecule has 0 aliphatic carbocycles. The van der Waals surface area contributed by atoms with Crippen molar-refractivity contribution in [3.63, 3.8) is 0 Å². The Morgan fingerprint density at radius 1 is 1.25 bits per heavy atom. The van der Waals surface area contributed by atoms with Crippen molar-refractivity contribution in [1.29, 1.82) is 0 Å². The van der Waals surface area contributed by atoms with E-state index in [1.165, 1.54) is 25.7 Å². The average molecular weight is 348 g/mol. The molecule has 0 bridgehead atoms. The van der Waals surface area contributed by atoms with Crippen molar-refractivity contribution in [2.45, 2.75) is 46.5 Å². The summed E-state index contributed by atoms with van der Waals surface area (Å²) in [4.78, 5) is 0. The number of allylic oxidation sites excluding steroid dienone is 1. The van der Waals surface area contributed by atoms with Crippen LogP contribution in [0.4, 0.5) is 0 Å². The first-order chi connectivity index (χ1) is 11.5. The van der Waals surface area contributed by atoms with Crippen LogP contribution in [-0.4, -0.2) is 47.7 Å². The van der Waals surface area contributed by atoms with Crippen molar-refractivity contribution < 1.29 is 14.9 Å². The van der Waals surface area contributed by atoms with Crippen LogP contribution in [0.2, 0.25) is 0 Å². The van der Waals surface area contributed by atoms with Gasteiger partial charge in [-0.15, -0.1) is 16.9 Å². The van der Waals surface area contributed by atoms with E-state index in [0.29, 0.717) is 5.84 Å². The molecule has 0 aromatic carbocycles. The molecule has 1 aliphatic rings. The van der Waals surface area contributed by atoms with E-state index in [2.05, 4.69) is 31.0 Å². The largest absolute Gasteiger partial charge is 0.394 e. The molecule has 0 unspecified atom stereocenters. The van der Waals surface area contributed by atoms with Crippen LogP contribution in [-0.2, 0) is 4.74 Å². The van der Waals surface area contributed by atoms with Gasteiger partial charge in [-0.3, -0.25) is 5.43 Å². The van der Waals surface area contributed by atoms with Crippen LogP contribution >= 0.6 is 0 Å². The minimum Gasteiger partial charge on any atom is -0.394 e. The fourth-order valence-corrected chi connectivity index (χ4v) is 0.980. The number of nitrogens with one attached hydrogen (secondary N) is 1. The summed E-state index contributed by atoms with van der Waals surface area (Å²) in [5, 5.41) is 19.9. The summed E-state index contributed by atoms with van der Waals surface area (Å²) in [5.41, 5.74) is 7.80.